The van der Waals surface area contributed by atoms with Crippen molar-refractivity contribution in [2.24, 2.45) is 0 Å². The maximum Gasteiger partial charge on any atom is 0.451 e. The van der Waals surface area contributed by atoms with Crippen LogP contribution in [0.3, 0.4) is 0 Å². The molecule has 3 aromatic rings. The highest BCUT2D eigenvalue weighted by molar-refractivity contribution is 8.19. The molecule has 2 N–H and O–H groups in total. The molecule has 0 saturated carbocycles. The Morgan fingerprint density at radius 1 is 1.19 bits per heavy atom. The van der Waals surface area contributed by atoms with Gasteiger partial charge in [-0.25, -0.2) is 22.9 Å². The molecule has 6 heterocycles. The van der Waals surface area contributed by atoms with Crippen LogP contribution < -0.4 is 19.8 Å². The third-order valence-corrected chi connectivity index (χ3v) is 11.7. The largest absolute Gasteiger partial charge is 0.451 e. The van der Waals surface area contributed by atoms with E-state index in [0.29, 0.717) is 37.7 Å². The fourth-order valence-electron chi connectivity index (χ4n) is 5.28. The number of aromatic nitrogens is 5. The Morgan fingerprint density at radius 3 is 2.72 bits per heavy atom. The van der Waals surface area contributed by atoms with E-state index in [0.717, 1.165) is 44.3 Å². The number of nitrogens with one attached hydrogen (secondary N) is 2. The molecule has 3 aromatic heterocycles. The van der Waals surface area contributed by atoms with E-state index in [1.54, 1.807) is 11.3 Å². The van der Waals surface area contributed by atoms with Gasteiger partial charge in [-0.2, -0.15) is 18.2 Å². The number of sulfonamides is 1. The van der Waals surface area contributed by atoms with Gasteiger partial charge in [-0.05, 0) is 25.3 Å². The first kappa shape index (κ1) is 30.2. The van der Waals surface area contributed by atoms with Crippen molar-refractivity contribution in [1.29, 1.82) is 0 Å². The maximum atomic E-state index is 13.4. The number of rotatable bonds is 7. The van der Waals surface area contributed by atoms with Gasteiger partial charge < -0.3 is 19.7 Å². The van der Waals surface area contributed by atoms with Gasteiger partial charge >= 0.3 is 12.2 Å². The van der Waals surface area contributed by atoms with E-state index in [1.165, 1.54) is 6.08 Å². The molecule has 12 nitrogen and oxygen atoms in total. The van der Waals surface area contributed by atoms with Gasteiger partial charge in [0.2, 0.25) is 11.8 Å². The standard InChI is InChI=1S/C24H27ClF3N9O3S3/c1-2-3-14-10-15-19(35-8-9-37-17(12-35)32-33-21(37)24(26,27)28)30-22(31-20(15)41-14)36-7-6-13(11-36)29-23(38)34-43(39,40)18-5-4-16(25)42-18/h5,10,13,16H,2-4,6-9,11-12H2,1H3,(H2,29,34,38)/t13-,16?/m0/s1. The van der Waals surface area contributed by atoms with E-state index >= 15 is 0 Å². The first-order chi connectivity index (χ1) is 20.4. The monoisotopic (exact) mass is 677 g/mol. The number of hydrogen-bond donors (Lipinski definition) is 2. The molecular formula is C24H27ClF3N9O3S3. The molecule has 1 saturated heterocycles. The lowest BCUT2D eigenvalue weighted by atomic mass is 10.2. The van der Waals surface area contributed by atoms with Gasteiger partial charge in [0.1, 0.15) is 14.9 Å². The third kappa shape index (κ3) is 6.23. The van der Waals surface area contributed by atoms with Gasteiger partial charge in [-0.15, -0.1) is 33.1 Å². The number of anilines is 2. The first-order valence-electron chi connectivity index (χ1n) is 13.5. The number of allylic oxidation sites excluding steroid dienone is 1. The van der Waals surface area contributed by atoms with Crippen LogP contribution >= 0.6 is 34.7 Å². The smallest absolute Gasteiger partial charge is 0.347 e. The van der Waals surface area contributed by atoms with Crippen LogP contribution in [0, 0.1) is 0 Å². The van der Waals surface area contributed by atoms with Crippen molar-refractivity contribution in [3.8, 4) is 0 Å². The lowest BCUT2D eigenvalue weighted by molar-refractivity contribution is -0.147. The minimum Gasteiger partial charge on any atom is -0.347 e. The summed E-state index contributed by atoms with van der Waals surface area (Å²) in [6.45, 7) is 3.36. The quantitative estimate of drug-likeness (QED) is 0.353. The topological polar surface area (TPSA) is 138 Å². The average molecular weight is 678 g/mol. The zero-order valence-corrected chi connectivity index (χ0v) is 26.0. The molecule has 6 rings (SSSR count). The summed E-state index contributed by atoms with van der Waals surface area (Å²) in [5.41, 5.74) is 0. The van der Waals surface area contributed by atoms with Gasteiger partial charge in [-0.3, -0.25) is 0 Å². The number of thioether (sulfide) groups is 1. The SMILES string of the molecule is CCCc1cc2c(N3CCn4c(nnc4C(F)(F)F)C3)nc(N3CC[C@H](NC(=O)NS(=O)(=O)C4=CCC(Cl)S4)C3)nc2s1. The molecular weight excluding hydrogens is 651 g/mol. The summed E-state index contributed by atoms with van der Waals surface area (Å²) >= 11 is 8.49. The molecule has 2 amide bonds. The molecule has 0 aliphatic carbocycles. The lowest BCUT2D eigenvalue weighted by Crippen LogP contribution is -2.45. The van der Waals surface area contributed by atoms with Crippen molar-refractivity contribution >= 4 is 72.7 Å². The number of carbonyl (C=O) groups excluding carboxylic acids is 1. The van der Waals surface area contributed by atoms with Crippen molar-refractivity contribution < 1.29 is 26.4 Å². The van der Waals surface area contributed by atoms with Crippen LogP contribution in [0.2, 0.25) is 0 Å². The van der Waals surface area contributed by atoms with Crippen molar-refractivity contribution in [2.75, 3.05) is 29.4 Å². The Kier molecular flexibility index (Phi) is 8.14. The summed E-state index contributed by atoms with van der Waals surface area (Å²) in [4.78, 5) is 27.9. The van der Waals surface area contributed by atoms with Gasteiger partial charge in [0.05, 0.1) is 16.6 Å². The zero-order valence-electron chi connectivity index (χ0n) is 22.8. The second-order valence-corrected chi connectivity index (χ2v) is 15.4. The summed E-state index contributed by atoms with van der Waals surface area (Å²) < 4.78 is 68.0. The molecule has 43 heavy (non-hydrogen) atoms. The van der Waals surface area contributed by atoms with E-state index in [-0.39, 0.29) is 40.4 Å². The number of fused-ring (bicyclic) bond motifs is 2. The van der Waals surface area contributed by atoms with Crippen molar-refractivity contribution in [1.82, 2.24) is 34.8 Å². The molecule has 3 aliphatic rings. The van der Waals surface area contributed by atoms with E-state index in [1.807, 2.05) is 20.6 Å². The van der Waals surface area contributed by atoms with Gasteiger partial charge in [0, 0.05) is 37.1 Å². The van der Waals surface area contributed by atoms with E-state index in [2.05, 4.69) is 22.4 Å². The number of halogens is 4. The highest BCUT2D eigenvalue weighted by Crippen LogP contribution is 2.38. The molecule has 0 aromatic carbocycles. The van der Waals surface area contributed by atoms with Gasteiger partial charge in [-0.1, -0.05) is 31.2 Å². The molecule has 0 bridgehead atoms. The Hall–Kier alpha value is -2.83. The van der Waals surface area contributed by atoms with Crippen LogP contribution in [0.5, 0.6) is 0 Å². The number of alkyl halides is 4. The molecule has 232 valence electrons. The second kappa shape index (κ2) is 11.6. The Labute approximate surface area is 258 Å². The van der Waals surface area contributed by atoms with Crippen molar-refractivity contribution in [2.45, 2.75) is 62.6 Å². The number of amides is 2. The summed E-state index contributed by atoms with van der Waals surface area (Å²) in [6.07, 6.45) is -0.387. The highest BCUT2D eigenvalue weighted by atomic mass is 35.5. The summed E-state index contributed by atoms with van der Waals surface area (Å²) in [6, 6.07) is 0.839. The fourth-order valence-corrected chi connectivity index (χ4v) is 9.27. The first-order valence-corrected chi connectivity index (χ1v) is 17.2. The number of aryl methyl sites for hydroxylation is 1. The van der Waals surface area contributed by atoms with Crippen LogP contribution in [-0.4, -0.2) is 69.6 Å². The molecule has 0 spiro atoms. The molecule has 0 radical (unpaired) electrons. The van der Waals surface area contributed by atoms with Gasteiger partial charge in [0.25, 0.3) is 10.0 Å². The third-order valence-electron chi connectivity index (χ3n) is 7.23. The lowest BCUT2D eigenvalue weighted by Gasteiger charge is -2.30. The number of hydrogen-bond acceptors (Lipinski definition) is 11. The van der Waals surface area contributed by atoms with Crippen molar-refractivity contribution in [3.05, 3.63) is 32.9 Å². The number of thiophene rings is 1. The average Bonchev–Trinajstić information content (AvgIpc) is 3.73. The minimum absolute atomic E-state index is 0.0221. The number of urea groups is 1. The Morgan fingerprint density at radius 2 is 2.00 bits per heavy atom. The second-order valence-electron chi connectivity index (χ2n) is 10.3. The predicted octanol–water partition coefficient (Wildman–Crippen LogP) is 4.03. The van der Waals surface area contributed by atoms with Crippen LogP contribution in [0.15, 0.2) is 16.4 Å². The van der Waals surface area contributed by atoms with Crippen LogP contribution in [0.1, 0.15) is 42.7 Å². The summed E-state index contributed by atoms with van der Waals surface area (Å²) in [7, 11) is -4.01. The minimum atomic E-state index is -4.59. The van der Waals surface area contributed by atoms with E-state index in [4.69, 9.17) is 21.6 Å². The van der Waals surface area contributed by atoms with E-state index in [9.17, 15) is 26.4 Å². The Balaban J connectivity index is 1.20. The van der Waals surface area contributed by atoms with Crippen LogP contribution in [0.4, 0.5) is 29.7 Å². The summed E-state index contributed by atoms with van der Waals surface area (Å²) in [5.74, 6) is 0.219. The fraction of sp³-hybridized carbons (Fsp3) is 0.542. The zero-order chi connectivity index (χ0) is 30.5. The molecule has 1 fully saturated rings. The summed E-state index contributed by atoms with van der Waals surface area (Å²) in [5, 5.41) is 10.7. The molecule has 2 atom stereocenters. The van der Waals surface area contributed by atoms with Crippen molar-refractivity contribution in [3.63, 3.8) is 0 Å². The Bertz CT molecular complexity index is 1690. The highest BCUT2D eigenvalue weighted by Gasteiger charge is 2.40. The predicted molar refractivity (Wildman–Crippen MR) is 159 cm³/mol. The maximum absolute atomic E-state index is 13.4. The molecule has 19 heteroatoms. The van der Waals surface area contributed by atoms with Gasteiger partial charge in [0.15, 0.2) is 5.82 Å². The van der Waals surface area contributed by atoms with E-state index < -0.39 is 28.1 Å². The number of nitrogens with zero attached hydrogens (tertiary/aromatic N) is 7. The van der Waals surface area contributed by atoms with Crippen LogP contribution in [0.25, 0.3) is 10.2 Å². The normalized spacial score (nSPS) is 20.9. The number of carbonyl (C=O) groups is 1. The molecule has 3 aliphatic heterocycles. The van der Waals surface area contributed by atoms with Crippen LogP contribution in [-0.2, 0) is 35.7 Å². The molecule has 1 unspecified atom stereocenters.